The maximum atomic E-state index is 12.9. The number of carbonyl (C=O) groups is 3. The second kappa shape index (κ2) is 14.0. The van der Waals surface area contributed by atoms with Crippen LogP contribution in [0.3, 0.4) is 0 Å². The highest BCUT2D eigenvalue weighted by atomic mass is 35.5. The minimum Gasteiger partial charge on any atom is -0.466 e. The van der Waals surface area contributed by atoms with Gasteiger partial charge >= 0.3 is 11.9 Å². The van der Waals surface area contributed by atoms with Crippen LogP contribution in [0.2, 0.25) is 5.28 Å². The second-order valence-electron chi connectivity index (χ2n) is 8.44. The summed E-state index contributed by atoms with van der Waals surface area (Å²) in [5.74, 6) is 1.04. The van der Waals surface area contributed by atoms with Crippen LogP contribution in [-0.2, 0) is 25.6 Å². The number of esters is 2. The van der Waals surface area contributed by atoms with E-state index in [4.69, 9.17) is 27.5 Å². The van der Waals surface area contributed by atoms with Gasteiger partial charge in [-0.15, -0.1) is 6.42 Å². The number of nitrogens with zero attached hydrogens (tertiary/aromatic N) is 2. The highest BCUT2D eigenvalue weighted by Gasteiger charge is 2.24. The summed E-state index contributed by atoms with van der Waals surface area (Å²) in [7, 11) is 0. The molecule has 0 spiro atoms. The molecular weight excluding hydrogens is 524 g/mol. The Balaban J connectivity index is 1.74. The van der Waals surface area contributed by atoms with E-state index in [1.165, 1.54) is 0 Å². The van der Waals surface area contributed by atoms with Gasteiger partial charge in [0.1, 0.15) is 6.04 Å². The van der Waals surface area contributed by atoms with E-state index in [0.29, 0.717) is 23.0 Å². The lowest BCUT2D eigenvalue weighted by Gasteiger charge is -2.23. The molecule has 11 heteroatoms. The summed E-state index contributed by atoms with van der Waals surface area (Å²) in [5, 5.41) is 3.07. The van der Waals surface area contributed by atoms with Gasteiger partial charge in [0, 0.05) is 24.2 Å². The van der Waals surface area contributed by atoms with Crippen LogP contribution < -0.4 is 15.8 Å². The summed E-state index contributed by atoms with van der Waals surface area (Å²) < 4.78 is 9.95. The second-order valence-corrected chi connectivity index (χ2v) is 8.80. The molecular formula is C28H29ClN4O6. The van der Waals surface area contributed by atoms with E-state index < -0.39 is 23.9 Å². The largest absolute Gasteiger partial charge is 0.466 e. The molecule has 3 rings (SSSR count). The number of halogens is 1. The van der Waals surface area contributed by atoms with Crippen molar-refractivity contribution in [2.75, 3.05) is 24.7 Å². The fraction of sp³-hybridized carbons (Fsp3) is 0.321. The van der Waals surface area contributed by atoms with Crippen LogP contribution in [0.25, 0.3) is 10.9 Å². The average Bonchev–Trinajstić information content (AvgIpc) is 2.91. The minimum absolute atomic E-state index is 0.0194. The molecule has 204 valence electrons. The third-order valence-corrected chi connectivity index (χ3v) is 5.89. The molecule has 39 heavy (non-hydrogen) atoms. The van der Waals surface area contributed by atoms with Crippen LogP contribution in [0, 0.1) is 12.3 Å². The summed E-state index contributed by atoms with van der Waals surface area (Å²) in [5.41, 5.74) is 2.03. The normalized spacial score (nSPS) is 11.3. The monoisotopic (exact) mass is 552 g/mol. The first-order valence-corrected chi connectivity index (χ1v) is 12.7. The molecule has 0 saturated heterocycles. The third kappa shape index (κ3) is 8.06. The van der Waals surface area contributed by atoms with E-state index in [9.17, 15) is 19.2 Å². The predicted molar refractivity (Wildman–Crippen MR) is 147 cm³/mol. The Hall–Kier alpha value is -4.36. The smallest absolute Gasteiger partial charge is 0.328 e. The van der Waals surface area contributed by atoms with Crippen molar-refractivity contribution in [1.29, 1.82) is 0 Å². The maximum Gasteiger partial charge on any atom is 0.328 e. The zero-order valence-corrected chi connectivity index (χ0v) is 22.4. The molecule has 2 aromatic carbocycles. The van der Waals surface area contributed by atoms with E-state index in [-0.39, 0.29) is 43.4 Å². The van der Waals surface area contributed by atoms with Crippen LogP contribution in [-0.4, -0.2) is 53.6 Å². The van der Waals surface area contributed by atoms with Crippen molar-refractivity contribution in [2.45, 2.75) is 39.3 Å². The quantitative estimate of drug-likeness (QED) is 0.199. The highest BCUT2D eigenvalue weighted by Crippen LogP contribution is 2.20. The molecule has 10 nitrogen and oxygen atoms in total. The summed E-state index contributed by atoms with van der Waals surface area (Å²) in [6, 6.07) is 11.0. The molecule has 0 aliphatic rings. The molecule has 0 aliphatic heterocycles. The predicted octanol–water partition coefficient (Wildman–Crippen LogP) is 3.22. The van der Waals surface area contributed by atoms with Crippen LogP contribution >= 0.6 is 11.6 Å². The SMILES string of the molecule is C#CCN(Cc1ccc2nc(Cl)[nH]c(=O)c2c1)c1ccc(C(=O)N[C@H](CCC(=O)OCC)C(=O)OCC)cc1. The number of aromatic nitrogens is 2. The van der Waals surface area contributed by atoms with Gasteiger partial charge < -0.3 is 19.7 Å². The maximum absolute atomic E-state index is 12.9. The zero-order valence-electron chi connectivity index (χ0n) is 21.7. The van der Waals surface area contributed by atoms with Gasteiger partial charge in [-0.05, 0) is 73.8 Å². The number of fused-ring (bicyclic) bond motifs is 1. The number of hydrogen-bond acceptors (Lipinski definition) is 8. The summed E-state index contributed by atoms with van der Waals surface area (Å²) in [6.07, 6.45) is 5.60. The lowest BCUT2D eigenvalue weighted by atomic mass is 10.1. The number of H-pyrrole nitrogens is 1. The first-order valence-electron chi connectivity index (χ1n) is 12.4. The molecule has 0 unspecified atom stereocenters. The number of anilines is 1. The number of hydrogen-bond donors (Lipinski definition) is 2. The number of ether oxygens (including phenoxy) is 2. The van der Waals surface area contributed by atoms with Crippen molar-refractivity contribution in [3.05, 3.63) is 69.2 Å². The van der Waals surface area contributed by atoms with Crippen LogP contribution in [0.4, 0.5) is 5.69 Å². The Bertz CT molecular complexity index is 1430. The van der Waals surface area contributed by atoms with Gasteiger partial charge in [0.15, 0.2) is 0 Å². The molecule has 0 bridgehead atoms. The molecule has 2 N–H and O–H groups in total. The van der Waals surface area contributed by atoms with E-state index in [2.05, 4.69) is 21.2 Å². The lowest BCUT2D eigenvalue weighted by Crippen LogP contribution is -2.42. The van der Waals surface area contributed by atoms with E-state index in [1.807, 2.05) is 11.0 Å². The Labute approximate surface area is 230 Å². The number of nitrogens with one attached hydrogen (secondary N) is 2. The van der Waals surface area contributed by atoms with Gasteiger partial charge in [-0.2, -0.15) is 0 Å². The molecule has 0 saturated carbocycles. The first kappa shape index (κ1) is 29.2. The van der Waals surface area contributed by atoms with Crippen molar-refractivity contribution < 1.29 is 23.9 Å². The van der Waals surface area contributed by atoms with Crippen LogP contribution in [0.1, 0.15) is 42.6 Å². The highest BCUT2D eigenvalue weighted by molar-refractivity contribution is 6.28. The van der Waals surface area contributed by atoms with Gasteiger partial charge in [0.25, 0.3) is 11.5 Å². The zero-order chi connectivity index (χ0) is 28.4. The number of amides is 1. The van der Waals surface area contributed by atoms with E-state index in [0.717, 1.165) is 11.3 Å². The Kier molecular flexibility index (Phi) is 10.5. The third-order valence-electron chi connectivity index (χ3n) is 5.71. The van der Waals surface area contributed by atoms with Gasteiger partial charge in [0.2, 0.25) is 5.28 Å². The minimum atomic E-state index is -1.00. The molecule has 1 atom stereocenters. The van der Waals surface area contributed by atoms with Crippen molar-refractivity contribution >= 4 is 46.0 Å². The number of aromatic amines is 1. The van der Waals surface area contributed by atoms with Gasteiger partial charge in [-0.3, -0.25) is 19.4 Å². The Morgan fingerprint density at radius 1 is 1.13 bits per heavy atom. The van der Waals surface area contributed by atoms with Crippen molar-refractivity contribution in [3.8, 4) is 12.3 Å². The number of benzene rings is 2. The molecule has 1 amide bonds. The van der Waals surface area contributed by atoms with Crippen LogP contribution in [0.5, 0.6) is 0 Å². The Morgan fingerprint density at radius 2 is 1.85 bits per heavy atom. The first-order chi connectivity index (χ1) is 18.7. The molecule has 1 heterocycles. The van der Waals surface area contributed by atoms with Crippen molar-refractivity contribution in [3.63, 3.8) is 0 Å². The number of terminal acetylenes is 1. The van der Waals surface area contributed by atoms with Gasteiger partial charge in [0.05, 0.1) is 30.7 Å². The van der Waals surface area contributed by atoms with Gasteiger partial charge in [-0.1, -0.05) is 12.0 Å². The number of carbonyl (C=O) groups excluding carboxylic acids is 3. The Morgan fingerprint density at radius 3 is 2.51 bits per heavy atom. The molecule has 3 aromatic rings. The summed E-state index contributed by atoms with van der Waals surface area (Å²) in [6.45, 7) is 4.38. The lowest BCUT2D eigenvalue weighted by molar-refractivity contribution is -0.146. The fourth-order valence-electron chi connectivity index (χ4n) is 3.88. The van der Waals surface area contributed by atoms with E-state index >= 15 is 0 Å². The number of rotatable bonds is 12. The van der Waals surface area contributed by atoms with Crippen molar-refractivity contribution in [1.82, 2.24) is 15.3 Å². The van der Waals surface area contributed by atoms with Gasteiger partial charge in [-0.25, -0.2) is 9.78 Å². The van der Waals surface area contributed by atoms with Crippen molar-refractivity contribution in [2.24, 2.45) is 0 Å². The average molecular weight is 553 g/mol. The topological polar surface area (TPSA) is 131 Å². The molecule has 0 aliphatic carbocycles. The molecule has 0 fully saturated rings. The van der Waals surface area contributed by atoms with E-state index in [1.54, 1.807) is 50.2 Å². The summed E-state index contributed by atoms with van der Waals surface area (Å²) in [4.78, 5) is 57.7. The van der Waals surface area contributed by atoms with Crippen LogP contribution in [0.15, 0.2) is 47.3 Å². The molecule has 1 aromatic heterocycles. The fourth-order valence-corrected chi connectivity index (χ4v) is 4.05. The molecule has 0 radical (unpaired) electrons. The summed E-state index contributed by atoms with van der Waals surface area (Å²) >= 11 is 5.83. The standard InChI is InChI=1S/C28H29ClN4O6/c1-4-15-33(17-18-7-12-22-21(16-18)26(36)32-28(29)31-22)20-10-8-19(9-11-20)25(35)30-23(27(37)39-6-3)13-14-24(34)38-5-2/h1,7-12,16,23H,5-6,13-15,17H2,2-3H3,(H,30,35)(H,31,32,36)/t23-/m1/s1.